The number of ether oxygens (including phenoxy) is 1. The topological polar surface area (TPSA) is 21.3 Å². The van der Waals surface area contributed by atoms with Crippen molar-refractivity contribution in [3.05, 3.63) is 58.1 Å². The zero-order valence-corrected chi connectivity index (χ0v) is 13.7. The van der Waals surface area contributed by atoms with E-state index in [1.165, 1.54) is 11.1 Å². The standard InChI is InChI=1S/C17H20BrNO/c1-12(2)19-11-14-7-8-17(16(18)10-14)20-15-6-4-5-13(3)9-15/h4-10,12,19H,11H2,1-3H3. The quantitative estimate of drug-likeness (QED) is 0.826. The monoisotopic (exact) mass is 333 g/mol. The predicted molar refractivity (Wildman–Crippen MR) is 87.4 cm³/mol. The van der Waals surface area contributed by atoms with E-state index < -0.39 is 0 Å². The van der Waals surface area contributed by atoms with E-state index in [4.69, 9.17) is 4.74 Å². The molecule has 20 heavy (non-hydrogen) atoms. The van der Waals surface area contributed by atoms with Gasteiger partial charge in [-0.1, -0.05) is 32.0 Å². The molecule has 0 fully saturated rings. The molecule has 0 unspecified atom stereocenters. The fourth-order valence-electron chi connectivity index (χ4n) is 1.86. The second-order valence-corrected chi connectivity index (χ2v) is 6.07. The fraction of sp³-hybridized carbons (Fsp3) is 0.294. The first-order chi connectivity index (χ1) is 9.54. The van der Waals surface area contributed by atoms with Crippen LogP contribution in [0.2, 0.25) is 0 Å². The second-order valence-electron chi connectivity index (χ2n) is 5.22. The van der Waals surface area contributed by atoms with Crippen LogP contribution in [-0.2, 0) is 6.54 Å². The lowest BCUT2D eigenvalue weighted by Gasteiger charge is -2.11. The Kier molecular flexibility index (Phi) is 5.21. The first-order valence-electron chi connectivity index (χ1n) is 6.81. The Morgan fingerprint density at radius 2 is 1.95 bits per heavy atom. The molecule has 0 heterocycles. The summed E-state index contributed by atoms with van der Waals surface area (Å²) in [7, 11) is 0. The van der Waals surface area contributed by atoms with Crippen LogP contribution in [0.4, 0.5) is 0 Å². The molecular weight excluding hydrogens is 314 g/mol. The lowest BCUT2D eigenvalue weighted by atomic mass is 10.2. The molecule has 0 saturated heterocycles. The maximum absolute atomic E-state index is 5.90. The van der Waals surface area contributed by atoms with Gasteiger partial charge < -0.3 is 10.1 Å². The van der Waals surface area contributed by atoms with E-state index in [1.54, 1.807) is 0 Å². The smallest absolute Gasteiger partial charge is 0.141 e. The van der Waals surface area contributed by atoms with Gasteiger partial charge in [-0.25, -0.2) is 0 Å². The highest BCUT2D eigenvalue weighted by molar-refractivity contribution is 9.10. The van der Waals surface area contributed by atoms with Gasteiger partial charge in [0.2, 0.25) is 0 Å². The van der Waals surface area contributed by atoms with Gasteiger partial charge in [-0.15, -0.1) is 0 Å². The van der Waals surface area contributed by atoms with Gasteiger partial charge in [-0.3, -0.25) is 0 Å². The zero-order valence-electron chi connectivity index (χ0n) is 12.1. The Hall–Kier alpha value is -1.32. The van der Waals surface area contributed by atoms with Crippen molar-refractivity contribution in [3.8, 4) is 11.5 Å². The van der Waals surface area contributed by atoms with Gasteiger partial charge in [0, 0.05) is 12.6 Å². The van der Waals surface area contributed by atoms with E-state index in [0.29, 0.717) is 6.04 Å². The van der Waals surface area contributed by atoms with Crippen LogP contribution < -0.4 is 10.1 Å². The minimum atomic E-state index is 0.483. The molecule has 3 heteroatoms. The minimum Gasteiger partial charge on any atom is -0.456 e. The maximum Gasteiger partial charge on any atom is 0.141 e. The number of halogens is 1. The van der Waals surface area contributed by atoms with Crippen LogP contribution in [0, 0.1) is 6.92 Å². The molecule has 0 bridgehead atoms. The Labute approximate surface area is 129 Å². The predicted octanol–water partition coefficient (Wildman–Crippen LogP) is 5.05. The van der Waals surface area contributed by atoms with Crippen LogP contribution in [0.3, 0.4) is 0 Å². The largest absolute Gasteiger partial charge is 0.456 e. The molecule has 0 saturated carbocycles. The molecular formula is C17H20BrNO. The summed E-state index contributed by atoms with van der Waals surface area (Å²) in [6.45, 7) is 7.21. The average molecular weight is 334 g/mol. The van der Waals surface area contributed by atoms with Crippen LogP contribution in [0.5, 0.6) is 11.5 Å². The Morgan fingerprint density at radius 3 is 2.60 bits per heavy atom. The molecule has 2 nitrogen and oxygen atoms in total. The molecule has 0 aromatic heterocycles. The summed E-state index contributed by atoms with van der Waals surface area (Å²) in [5.74, 6) is 1.70. The van der Waals surface area contributed by atoms with Crippen molar-refractivity contribution >= 4 is 15.9 Å². The lowest BCUT2D eigenvalue weighted by Crippen LogP contribution is -2.21. The molecule has 0 amide bonds. The van der Waals surface area contributed by atoms with Gasteiger partial charge in [-0.05, 0) is 58.2 Å². The van der Waals surface area contributed by atoms with Crippen LogP contribution in [0.1, 0.15) is 25.0 Å². The Bertz CT molecular complexity index is 581. The van der Waals surface area contributed by atoms with Gasteiger partial charge >= 0.3 is 0 Å². The van der Waals surface area contributed by atoms with Crippen LogP contribution in [0.25, 0.3) is 0 Å². The van der Waals surface area contributed by atoms with Gasteiger partial charge in [0.05, 0.1) is 4.47 Å². The van der Waals surface area contributed by atoms with E-state index in [0.717, 1.165) is 22.5 Å². The number of benzene rings is 2. The van der Waals surface area contributed by atoms with Crippen molar-refractivity contribution in [3.63, 3.8) is 0 Å². The highest BCUT2D eigenvalue weighted by atomic mass is 79.9. The molecule has 2 aromatic rings. The third-order valence-electron chi connectivity index (χ3n) is 2.93. The summed E-state index contributed by atoms with van der Waals surface area (Å²) >= 11 is 3.58. The van der Waals surface area contributed by atoms with Crippen molar-refractivity contribution < 1.29 is 4.74 Å². The van der Waals surface area contributed by atoms with Gasteiger partial charge in [0.1, 0.15) is 11.5 Å². The van der Waals surface area contributed by atoms with E-state index in [1.807, 2.05) is 24.3 Å². The van der Waals surface area contributed by atoms with Crippen molar-refractivity contribution in [1.82, 2.24) is 5.32 Å². The molecule has 0 aliphatic carbocycles. The minimum absolute atomic E-state index is 0.483. The summed E-state index contributed by atoms with van der Waals surface area (Å²) in [5.41, 5.74) is 2.43. The summed E-state index contributed by atoms with van der Waals surface area (Å²) < 4.78 is 6.88. The van der Waals surface area contributed by atoms with Crippen LogP contribution in [-0.4, -0.2) is 6.04 Å². The lowest BCUT2D eigenvalue weighted by molar-refractivity contribution is 0.478. The zero-order chi connectivity index (χ0) is 14.5. The molecule has 1 N–H and O–H groups in total. The van der Waals surface area contributed by atoms with Crippen molar-refractivity contribution in [2.75, 3.05) is 0 Å². The molecule has 106 valence electrons. The summed E-state index contributed by atoms with van der Waals surface area (Å²) in [6, 6.07) is 14.7. The van der Waals surface area contributed by atoms with Crippen molar-refractivity contribution in [2.45, 2.75) is 33.4 Å². The Morgan fingerprint density at radius 1 is 1.15 bits per heavy atom. The molecule has 2 aromatic carbocycles. The SMILES string of the molecule is Cc1cccc(Oc2ccc(CNC(C)C)cc2Br)c1. The Balaban J connectivity index is 2.09. The third kappa shape index (κ3) is 4.36. The number of rotatable bonds is 5. The number of hydrogen-bond acceptors (Lipinski definition) is 2. The highest BCUT2D eigenvalue weighted by Gasteiger charge is 2.05. The van der Waals surface area contributed by atoms with E-state index >= 15 is 0 Å². The highest BCUT2D eigenvalue weighted by Crippen LogP contribution is 2.30. The van der Waals surface area contributed by atoms with Gasteiger partial charge in [0.25, 0.3) is 0 Å². The molecule has 2 rings (SSSR count). The normalized spacial score (nSPS) is 10.8. The van der Waals surface area contributed by atoms with Gasteiger partial charge in [0.15, 0.2) is 0 Å². The van der Waals surface area contributed by atoms with Crippen molar-refractivity contribution in [1.29, 1.82) is 0 Å². The van der Waals surface area contributed by atoms with E-state index in [-0.39, 0.29) is 0 Å². The molecule has 0 spiro atoms. The maximum atomic E-state index is 5.90. The molecule has 0 aliphatic heterocycles. The first-order valence-corrected chi connectivity index (χ1v) is 7.60. The van der Waals surface area contributed by atoms with Gasteiger partial charge in [-0.2, -0.15) is 0 Å². The molecule has 0 aliphatic rings. The number of aryl methyl sites for hydroxylation is 1. The van der Waals surface area contributed by atoms with Crippen LogP contribution in [0.15, 0.2) is 46.9 Å². The van der Waals surface area contributed by atoms with E-state index in [2.05, 4.69) is 60.2 Å². The summed E-state index contributed by atoms with van der Waals surface area (Å²) in [6.07, 6.45) is 0. The summed E-state index contributed by atoms with van der Waals surface area (Å²) in [4.78, 5) is 0. The van der Waals surface area contributed by atoms with Crippen molar-refractivity contribution in [2.24, 2.45) is 0 Å². The first kappa shape index (κ1) is 15.1. The number of nitrogens with one attached hydrogen (secondary N) is 1. The third-order valence-corrected chi connectivity index (χ3v) is 3.55. The molecule has 0 radical (unpaired) electrons. The van der Waals surface area contributed by atoms with Crippen LogP contribution >= 0.6 is 15.9 Å². The van der Waals surface area contributed by atoms with E-state index in [9.17, 15) is 0 Å². The average Bonchev–Trinajstić information content (AvgIpc) is 2.39. The summed E-state index contributed by atoms with van der Waals surface area (Å²) in [5, 5.41) is 3.40. The fourth-order valence-corrected chi connectivity index (χ4v) is 2.37. The second kappa shape index (κ2) is 6.91. The molecule has 0 atom stereocenters. The number of hydrogen-bond donors (Lipinski definition) is 1.